The maximum Gasteiger partial charge on any atom is 0.260 e. The van der Waals surface area contributed by atoms with Gasteiger partial charge in [-0.2, -0.15) is 0 Å². The molecule has 0 atom stereocenters. The van der Waals surface area contributed by atoms with Crippen LogP contribution in [0.15, 0.2) is 0 Å². The van der Waals surface area contributed by atoms with E-state index in [1.54, 1.807) is 0 Å². The van der Waals surface area contributed by atoms with Crippen LogP contribution in [0.4, 0.5) is 5.82 Å². The SMILES string of the molecule is CCCCc1nc2c(N)nnc(OC(C)C)c2n1CC1CCC(CN)CC1. The number of nitrogens with zero attached hydrogens (tertiary/aromatic N) is 4. The second kappa shape index (κ2) is 8.87. The van der Waals surface area contributed by atoms with E-state index in [1.807, 2.05) is 13.8 Å². The average Bonchev–Trinajstić information content (AvgIpc) is 3.02. The summed E-state index contributed by atoms with van der Waals surface area (Å²) >= 11 is 0. The number of unbranched alkanes of at least 4 members (excludes halogenated alkanes) is 1. The van der Waals surface area contributed by atoms with Gasteiger partial charge in [0, 0.05) is 13.0 Å². The third-order valence-corrected chi connectivity index (χ3v) is 5.58. The number of hydrogen-bond donors (Lipinski definition) is 2. The molecule has 2 aromatic heterocycles. The van der Waals surface area contributed by atoms with Crippen LogP contribution < -0.4 is 16.2 Å². The summed E-state index contributed by atoms with van der Waals surface area (Å²) in [7, 11) is 0. The molecule has 2 aromatic rings. The molecular formula is C20H34N6O. The fraction of sp³-hybridized carbons (Fsp3) is 0.750. The molecule has 0 amide bonds. The van der Waals surface area contributed by atoms with Crippen LogP contribution in [0, 0.1) is 11.8 Å². The van der Waals surface area contributed by atoms with E-state index in [0.717, 1.165) is 49.2 Å². The Labute approximate surface area is 161 Å². The largest absolute Gasteiger partial charge is 0.472 e. The van der Waals surface area contributed by atoms with Gasteiger partial charge in [0.15, 0.2) is 5.82 Å². The maximum absolute atomic E-state index is 6.12. The highest BCUT2D eigenvalue weighted by Crippen LogP contribution is 2.33. The fourth-order valence-electron chi connectivity index (χ4n) is 4.02. The number of aromatic nitrogens is 4. The summed E-state index contributed by atoms with van der Waals surface area (Å²) < 4.78 is 8.26. The molecule has 0 spiro atoms. The van der Waals surface area contributed by atoms with E-state index in [1.165, 1.54) is 25.7 Å². The quantitative estimate of drug-likeness (QED) is 0.734. The zero-order chi connectivity index (χ0) is 19.4. The van der Waals surface area contributed by atoms with E-state index in [9.17, 15) is 0 Å². The first-order chi connectivity index (χ1) is 13.0. The van der Waals surface area contributed by atoms with Gasteiger partial charge in [0.1, 0.15) is 16.9 Å². The molecule has 0 aromatic carbocycles. The molecule has 27 heavy (non-hydrogen) atoms. The molecule has 1 fully saturated rings. The van der Waals surface area contributed by atoms with E-state index in [0.29, 0.717) is 23.5 Å². The number of hydrogen-bond acceptors (Lipinski definition) is 6. The lowest BCUT2D eigenvalue weighted by molar-refractivity contribution is 0.230. The number of imidazole rings is 1. The van der Waals surface area contributed by atoms with Gasteiger partial charge in [-0.3, -0.25) is 0 Å². The highest BCUT2D eigenvalue weighted by atomic mass is 16.5. The van der Waals surface area contributed by atoms with Gasteiger partial charge in [-0.25, -0.2) is 4.98 Å². The first-order valence-electron chi connectivity index (χ1n) is 10.4. The Kier molecular flexibility index (Phi) is 6.52. The van der Waals surface area contributed by atoms with Crippen LogP contribution >= 0.6 is 0 Å². The number of aryl methyl sites for hydroxylation is 1. The van der Waals surface area contributed by atoms with Gasteiger partial charge in [0.05, 0.1) is 6.10 Å². The van der Waals surface area contributed by atoms with Crippen molar-refractivity contribution in [2.75, 3.05) is 12.3 Å². The maximum atomic E-state index is 6.12. The molecule has 3 rings (SSSR count). The standard InChI is InChI=1S/C20H34N6O/c1-4-5-6-16-23-17-18(20(27-13(2)3)25-24-19(17)22)26(16)12-15-9-7-14(11-21)8-10-15/h13-15H,4-12,21H2,1-3H3,(H2,22,24). The van der Waals surface area contributed by atoms with E-state index in [4.69, 9.17) is 21.2 Å². The van der Waals surface area contributed by atoms with Crippen molar-refractivity contribution in [2.24, 2.45) is 17.6 Å². The first-order valence-corrected chi connectivity index (χ1v) is 10.4. The average molecular weight is 375 g/mol. The predicted molar refractivity (Wildman–Crippen MR) is 109 cm³/mol. The highest BCUT2D eigenvalue weighted by Gasteiger charge is 2.25. The van der Waals surface area contributed by atoms with Gasteiger partial charge in [0.25, 0.3) is 5.88 Å². The van der Waals surface area contributed by atoms with Crippen molar-refractivity contribution in [3.05, 3.63) is 5.82 Å². The Balaban J connectivity index is 1.97. The summed E-state index contributed by atoms with van der Waals surface area (Å²) in [4.78, 5) is 4.85. The molecule has 150 valence electrons. The Morgan fingerprint density at radius 2 is 1.85 bits per heavy atom. The molecule has 0 saturated heterocycles. The van der Waals surface area contributed by atoms with Crippen molar-refractivity contribution in [3.8, 4) is 5.88 Å². The number of fused-ring (bicyclic) bond motifs is 1. The lowest BCUT2D eigenvalue weighted by Gasteiger charge is -2.28. The third-order valence-electron chi connectivity index (χ3n) is 5.58. The summed E-state index contributed by atoms with van der Waals surface area (Å²) in [6.45, 7) is 7.94. The number of nitrogen functional groups attached to an aromatic ring is 1. The smallest absolute Gasteiger partial charge is 0.260 e. The monoisotopic (exact) mass is 374 g/mol. The minimum Gasteiger partial charge on any atom is -0.472 e. The van der Waals surface area contributed by atoms with E-state index in [2.05, 4.69) is 21.7 Å². The van der Waals surface area contributed by atoms with Crippen LogP contribution in [0.2, 0.25) is 0 Å². The summed E-state index contributed by atoms with van der Waals surface area (Å²) in [5.41, 5.74) is 13.6. The van der Waals surface area contributed by atoms with Gasteiger partial charge >= 0.3 is 0 Å². The normalized spacial score (nSPS) is 20.5. The Morgan fingerprint density at radius 1 is 1.15 bits per heavy atom. The van der Waals surface area contributed by atoms with Crippen molar-refractivity contribution < 1.29 is 4.74 Å². The number of anilines is 1. The lowest BCUT2D eigenvalue weighted by atomic mass is 9.82. The highest BCUT2D eigenvalue weighted by molar-refractivity contribution is 5.88. The van der Waals surface area contributed by atoms with E-state index < -0.39 is 0 Å². The zero-order valence-corrected chi connectivity index (χ0v) is 16.9. The minimum absolute atomic E-state index is 0.0218. The Hall–Kier alpha value is -1.89. The fourth-order valence-corrected chi connectivity index (χ4v) is 4.02. The second-order valence-corrected chi connectivity index (χ2v) is 8.12. The Bertz CT molecular complexity index is 749. The first kappa shape index (κ1) is 19.9. The number of rotatable bonds is 8. The topological polar surface area (TPSA) is 105 Å². The molecule has 1 aliphatic rings. The van der Waals surface area contributed by atoms with Crippen molar-refractivity contribution in [2.45, 2.75) is 78.4 Å². The van der Waals surface area contributed by atoms with Crippen LogP contribution in [-0.4, -0.2) is 32.4 Å². The third kappa shape index (κ3) is 4.51. The zero-order valence-electron chi connectivity index (χ0n) is 16.9. The van der Waals surface area contributed by atoms with Crippen LogP contribution in [0.25, 0.3) is 11.0 Å². The summed E-state index contributed by atoms with van der Waals surface area (Å²) in [6.07, 6.45) is 8.05. The molecule has 4 N–H and O–H groups in total. The number of ether oxygens (including phenoxy) is 1. The molecule has 2 heterocycles. The molecular weight excluding hydrogens is 340 g/mol. The molecule has 0 aliphatic heterocycles. The van der Waals surface area contributed by atoms with Gasteiger partial charge < -0.3 is 20.8 Å². The second-order valence-electron chi connectivity index (χ2n) is 8.12. The van der Waals surface area contributed by atoms with Crippen molar-refractivity contribution in [1.82, 2.24) is 19.7 Å². The molecule has 0 unspecified atom stereocenters. The Morgan fingerprint density at radius 3 is 2.48 bits per heavy atom. The summed E-state index contributed by atoms with van der Waals surface area (Å²) in [5.74, 6) is 3.31. The van der Waals surface area contributed by atoms with Crippen molar-refractivity contribution >= 4 is 16.9 Å². The van der Waals surface area contributed by atoms with Crippen LogP contribution in [-0.2, 0) is 13.0 Å². The molecule has 1 saturated carbocycles. The lowest BCUT2D eigenvalue weighted by Crippen LogP contribution is -2.24. The van der Waals surface area contributed by atoms with Gasteiger partial charge in [-0.1, -0.05) is 13.3 Å². The number of nitrogens with two attached hydrogens (primary N) is 2. The summed E-state index contributed by atoms with van der Waals surface area (Å²) in [6, 6.07) is 0. The molecule has 7 nitrogen and oxygen atoms in total. The molecule has 0 radical (unpaired) electrons. The predicted octanol–water partition coefficient (Wildman–Crippen LogP) is 3.30. The van der Waals surface area contributed by atoms with Crippen molar-refractivity contribution in [1.29, 1.82) is 0 Å². The van der Waals surface area contributed by atoms with Crippen molar-refractivity contribution in [3.63, 3.8) is 0 Å². The van der Waals surface area contributed by atoms with Gasteiger partial charge in [0.2, 0.25) is 0 Å². The van der Waals surface area contributed by atoms with Crippen LogP contribution in [0.1, 0.15) is 65.1 Å². The van der Waals surface area contributed by atoms with Crippen LogP contribution in [0.3, 0.4) is 0 Å². The van der Waals surface area contributed by atoms with Crippen LogP contribution in [0.5, 0.6) is 5.88 Å². The molecule has 1 aliphatic carbocycles. The van der Waals surface area contributed by atoms with E-state index in [-0.39, 0.29) is 6.10 Å². The minimum atomic E-state index is 0.0218. The molecule has 0 bridgehead atoms. The van der Waals surface area contributed by atoms with E-state index >= 15 is 0 Å². The molecule has 7 heteroatoms. The summed E-state index contributed by atoms with van der Waals surface area (Å²) in [5, 5.41) is 8.32. The van der Waals surface area contributed by atoms with Gasteiger partial charge in [-0.05, 0) is 64.3 Å². The van der Waals surface area contributed by atoms with Gasteiger partial charge in [-0.15, -0.1) is 10.2 Å².